The lowest BCUT2D eigenvalue weighted by molar-refractivity contribution is 0.329. The molecule has 3 N–H and O–H groups in total. The number of hydrogen-bond acceptors (Lipinski definition) is 2. The Morgan fingerprint density at radius 1 is 1.00 bits per heavy atom. The second-order valence-electron chi connectivity index (χ2n) is 4.02. The van der Waals surface area contributed by atoms with Crippen LogP contribution in [0.15, 0.2) is 42.5 Å². The maximum absolute atomic E-state index is 5.51. The number of hydrogen-bond donors (Lipinski definition) is 2. The zero-order chi connectivity index (χ0) is 11.7. The summed E-state index contributed by atoms with van der Waals surface area (Å²) in [5.74, 6) is 0.856. The van der Waals surface area contributed by atoms with E-state index in [1.165, 1.54) is 10.8 Å². The van der Waals surface area contributed by atoms with E-state index in [0.29, 0.717) is 13.2 Å². The van der Waals surface area contributed by atoms with Crippen molar-refractivity contribution < 1.29 is 4.74 Å². The molecule has 17 heavy (non-hydrogen) atoms. The Labute approximate surface area is 99.2 Å². The van der Waals surface area contributed by atoms with Gasteiger partial charge in [-0.2, -0.15) is 0 Å². The van der Waals surface area contributed by atoms with Gasteiger partial charge in [0.2, 0.25) is 0 Å². The number of H-pyrrole nitrogens is 1. The second-order valence-corrected chi connectivity index (χ2v) is 4.02. The standard InChI is InChI=1S/C14H14N2O/c15-7-8-17-10-5-6-12-11-3-1-2-4-13(11)16-14(12)9-10/h1-6,9,16H,7-8,15H2. The van der Waals surface area contributed by atoms with Crippen molar-refractivity contribution in [2.75, 3.05) is 13.2 Å². The quantitative estimate of drug-likeness (QED) is 0.721. The average molecular weight is 226 g/mol. The van der Waals surface area contributed by atoms with E-state index in [1.807, 2.05) is 18.2 Å². The molecule has 0 saturated carbocycles. The molecule has 1 heterocycles. The summed E-state index contributed by atoms with van der Waals surface area (Å²) < 4.78 is 5.51. The Kier molecular flexibility index (Phi) is 2.46. The summed E-state index contributed by atoms with van der Waals surface area (Å²) in [7, 11) is 0. The first-order valence-corrected chi connectivity index (χ1v) is 5.72. The Hall–Kier alpha value is -2.00. The van der Waals surface area contributed by atoms with Gasteiger partial charge in [-0.3, -0.25) is 0 Å². The largest absolute Gasteiger partial charge is 0.492 e. The molecule has 0 saturated heterocycles. The van der Waals surface area contributed by atoms with E-state index in [1.54, 1.807) is 0 Å². The van der Waals surface area contributed by atoms with Crippen LogP contribution in [-0.2, 0) is 0 Å². The zero-order valence-corrected chi connectivity index (χ0v) is 9.44. The van der Waals surface area contributed by atoms with Crippen molar-refractivity contribution in [2.24, 2.45) is 5.73 Å². The number of ether oxygens (including phenoxy) is 1. The van der Waals surface area contributed by atoms with Crippen LogP contribution in [0.5, 0.6) is 5.75 Å². The highest BCUT2D eigenvalue weighted by Gasteiger charge is 2.04. The van der Waals surface area contributed by atoms with Gasteiger partial charge in [-0.1, -0.05) is 18.2 Å². The van der Waals surface area contributed by atoms with E-state index in [9.17, 15) is 0 Å². The first-order valence-electron chi connectivity index (χ1n) is 5.72. The molecule has 0 unspecified atom stereocenters. The van der Waals surface area contributed by atoms with Crippen molar-refractivity contribution >= 4 is 21.8 Å². The third kappa shape index (κ3) is 1.74. The summed E-state index contributed by atoms with van der Waals surface area (Å²) in [6.45, 7) is 1.08. The number of nitrogens with two attached hydrogens (primary N) is 1. The van der Waals surface area contributed by atoms with Crippen molar-refractivity contribution in [1.29, 1.82) is 0 Å². The minimum Gasteiger partial charge on any atom is -0.492 e. The molecule has 0 fully saturated rings. The Balaban J connectivity index is 2.13. The first kappa shape index (κ1) is 10.2. The van der Waals surface area contributed by atoms with Gasteiger partial charge in [0.25, 0.3) is 0 Å². The second kappa shape index (κ2) is 4.11. The molecular formula is C14H14N2O. The molecule has 0 spiro atoms. The Morgan fingerprint density at radius 3 is 2.71 bits per heavy atom. The lowest BCUT2D eigenvalue weighted by Gasteiger charge is -2.03. The molecule has 3 aromatic rings. The highest BCUT2D eigenvalue weighted by atomic mass is 16.5. The van der Waals surface area contributed by atoms with Gasteiger partial charge in [0.05, 0.1) is 5.52 Å². The normalized spacial score (nSPS) is 11.1. The Bertz CT molecular complexity index is 657. The molecular weight excluding hydrogens is 212 g/mol. The molecule has 3 heteroatoms. The van der Waals surface area contributed by atoms with Gasteiger partial charge in [-0.25, -0.2) is 0 Å². The SMILES string of the molecule is NCCOc1ccc2c(c1)[nH]c1ccccc12. The van der Waals surface area contributed by atoms with E-state index in [4.69, 9.17) is 10.5 Å². The number of fused-ring (bicyclic) bond motifs is 3. The van der Waals surface area contributed by atoms with Crippen LogP contribution in [0.4, 0.5) is 0 Å². The van der Waals surface area contributed by atoms with E-state index >= 15 is 0 Å². The van der Waals surface area contributed by atoms with Gasteiger partial charge >= 0.3 is 0 Å². The van der Waals surface area contributed by atoms with Gasteiger partial charge in [0, 0.05) is 28.9 Å². The molecule has 0 amide bonds. The van der Waals surface area contributed by atoms with E-state index in [2.05, 4.69) is 29.2 Å². The van der Waals surface area contributed by atoms with Crippen molar-refractivity contribution in [3.63, 3.8) is 0 Å². The summed E-state index contributed by atoms with van der Waals surface area (Å²) in [5, 5.41) is 2.47. The van der Waals surface area contributed by atoms with Crippen LogP contribution in [0.2, 0.25) is 0 Å². The van der Waals surface area contributed by atoms with E-state index in [-0.39, 0.29) is 0 Å². The number of benzene rings is 2. The summed E-state index contributed by atoms with van der Waals surface area (Å²) >= 11 is 0. The lowest BCUT2D eigenvalue weighted by Crippen LogP contribution is -2.10. The maximum Gasteiger partial charge on any atom is 0.121 e. The number of para-hydroxylation sites is 1. The number of nitrogens with one attached hydrogen (secondary N) is 1. The predicted octanol–water partition coefficient (Wildman–Crippen LogP) is 2.66. The van der Waals surface area contributed by atoms with Crippen LogP contribution in [0, 0.1) is 0 Å². The van der Waals surface area contributed by atoms with Crippen molar-refractivity contribution in [2.45, 2.75) is 0 Å². The minimum absolute atomic E-state index is 0.532. The van der Waals surface area contributed by atoms with Crippen LogP contribution in [0.25, 0.3) is 21.8 Å². The summed E-state index contributed by atoms with van der Waals surface area (Å²) in [6.07, 6.45) is 0. The average Bonchev–Trinajstić information content (AvgIpc) is 2.74. The van der Waals surface area contributed by atoms with Crippen LogP contribution in [0.3, 0.4) is 0 Å². The topological polar surface area (TPSA) is 51.0 Å². The summed E-state index contributed by atoms with van der Waals surface area (Å²) in [5.41, 5.74) is 7.67. The van der Waals surface area contributed by atoms with Crippen LogP contribution < -0.4 is 10.5 Å². The van der Waals surface area contributed by atoms with Gasteiger partial charge in [0.15, 0.2) is 0 Å². The zero-order valence-electron chi connectivity index (χ0n) is 9.44. The molecule has 0 aliphatic heterocycles. The molecule has 86 valence electrons. The molecule has 3 rings (SSSR count). The third-order valence-corrected chi connectivity index (χ3v) is 2.86. The van der Waals surface area contributed by atoms with Gasteiger partial charge < -0.3 is 15.5 Å². The molecule has 0 aliphatic carbocycles. The molecule has 1 aromatic heterocycles. The first-order chi connectivity index (χ1) is 8.38. The van der Waals surface area contributed by atoms with Crippen molar-refractivity contribution in [1.82, 2.24) is 4.98 Å². The number of aromatic nitrogens is 1. The smallest absolute Gasteiger partial charge is 0.121 e. The van der Waals surface area contributed by atoms with Gasteiger partial charge in [-0.15, -0.1) is 0 Å². The fourth-order valence-electron chi connectivity index (χ4n) is 2.10. The molecule has 0 radical (unpaired) electrons. The maximum atomic E-state index is 5.51. The van der Waals surface area contributed by atoms with Crippen LogP contribution in [0.1, 0.15) is 0 Å². The highest BCUT2D eigenvalue weighted by Crippen LogP contribution is 2.27. The van der Waals surface area contributed by atoms with Crippen molar-refractivity contribution in [3.8, 4) is 5.75 Å². The fourth-order valence-corrected chi connectivity index (χ4v) is 2.10. The number of aromatic amines is 1. The molecule has 0 atom stereocenters. The predicted molar refractivity (Wildman–Crippen MR) is 70.4 cm³/mol. The molecule has 3 nitrogen and oxygen atoms in total. The van der Waals surface area contributed by atoms with Gasteiger partial charge in [-0.05, 0) is 18.2 Å². The van der Waals surface area contributed by atoms with Crippen molar-refractivity contribution in [3.05, 3.63) is 42.5 Å². The highest BCUT2D eigenvalue weighted by molar-refractivity contribution is 6.07. The summed E-state index contributed by atoms with van der Waals surface area (Å²) in [4.78, 5) is 3.38. The number of rotatable bonds is 3. The van der Waals surface area contributed by atoms with Gasteiger partial charge in [0.1, 0.15) is 12.4 Å². The molecule has 2 aromatic carbocycles. The Morgan fingerprint density at radius 2 is 1.82 bits per heavy atom. The fraction of sp³-hybridized carbons (Fsp3) is 0.143. The van der Waals surface area contributed by atoms with Crippen LogP contribution in [-0.4, -0.2) is 18.1 Å². The monoisotopic (exact) mass is 226 g/mol. The van der Waals surface area contributed by atoms with Crippen LogP contribution >= 0.6 is 0 Å². The summed E-state index contributed by atoms with van der Waals surface area (Å²) in [6, 6.07) is 14.4. The van der Waals surface area contributed by atoms with E-state index in [0.717, 1.165) is 16.8 Å². The lowest BCUT2D eigenvalue weighted by atomic mass is 10.1. The van der Waals surface area contributed by atoms with E-state index < -0.39 is 0 Å². The third-order valence-electron chi connectivity index (χ3n) is 2.86. The molecule has 0 aliphatic rings. The molecule has 0 bridgehead atoms. The minimum atomic E-state index is 0.532.